The van der Waals surface area contributed by atoms with Gasteiger partial charge in [0.25, 0.3) is 0 Å². The third-order valence-corrected chi connectivity index (χ3v) is 3.41. The molecule has 1 aliphatic rings. The molecule has 0 saturated heterocycles. The Morgan fingerprint density at radius 2 is 2.24 bits per heavy atom. The number of aromatic nitrogens is 2. The molecule has 1 aliphatic carbocycles. The fourth-order valence-corrected chi connectivity index (χ4v) is 2.46. The van der Waals surface area contributed by atoms with Crippen LogP contribution >= 0.6 is 11.6 Å². The van der Waals surface area contributed by atoms with Crippen LogP contribution in [0.5, 0.6) is 5.88 Å². The zero-order valence-corrected chi connectivity index (χ0v) is 11.0. The lowest BCUT2D eigenvalue weighted by atomic mass is 9.85. The summed E-state index contributed by atoms with van der Waals surface area (Å²) in [6.07, 6.45) is 3.72. The Hall–Kier alpha value is -1.03. The quantitative estimate of drug-likeness (QED) is 0.822. The van der Waals surface area contributed by atoms with E-state index in [1.807, 2.05) is 13.8 Å². The SMILES string of the molecule is CCOc1ncnc(NCC2CC(Cl)C2)c1C. The van der Waals surface area contributed by atoms with Crippen LogP contribution in [0.4, 0.5) is 5.82 Å². The van der Waals surface area contributed by atoms with Crippen molar-refractivity contribution in [3.8, 4) is 5.88 Å². The molecule has 0 atom stereocenters. The molecule has 0 aliphatic heterocycles. The van der Waals surface area contributed by atoms with Crippen molar-refractivity contribution >= 4 is 17.4 Å². The average molecular weight is 256 g/mol. The molecule has 1 aromatic rings. The molecule has 0 bridgehead atoms. The van der Waals surface area contributed by atoms with Crippen molar-refractivity contribution in [2.75, 3.05) is 18.5 Å². The predicted octanol–water partition coefficient (Wildman–Crippen LogP) is 2.61. The van der Waals surface area contributed by atoms with E-state index >= 15 is 0 Å². The largest absolute Gasteiger partial charge is 0.478 e. The van der Waals surface area contributed by atoms with E-state index < -0.39 is 0 Å². The number of hydrogen-bond acceptors (Lipinski definition) is 4. The summed E-state index contributed by atoms with van der Waals surface area (Å²) in [6.45, 7) is 5.46. The van der Waals surface area contributed by atoms with Gasteiger partial charge < -0.3 is 10.1 Å². The Kier molecular flexibility index (Phi) is 4.05. The second-order valence-corrected chi connectivity index (χ2v) is 5.02. The Morgan fingerprint density at radius 1 is 1.47 bits per heavy atom. The molecule has 0 unspecified atom stereocenters. The number of halogens is 1. The van der Waals surface area contributed by atoms with E-state index in [4.69, 9.17) is 16.3 Å². The lowest BCUT2D eigenvalue weighted by Gasteiger charge is -2.31. The van der Waals surface area contributed by atoms with E-state index in [0.717, 1.165) is 30.8 Å². The van der Waals surface area contributed by atoms with Crippen LogP contribution in [-0.4, -0.2) is 28.5 Å². The standard InChI is InChI=1S/C12H18ClN3O/c1-3-17-12-8(2)11(15-7-16-12)14-6-9-4-10(13)5-9/h7,9-10H,3-6H2,1-2H3,(H,14,15,16). The minimum absolute atomic E-state index is 0.368. The van der Waals surface area contributed by atoms with Gasteiger partial charge in [-0.25, -0.2) is 9.97 Å². The van der Waals surface area contributed by atoms with E-state index in [1.165, 1.54) is 6.33 Å². The zero-order valence-electron chi connectivity index (χ0n) is 10.2. The molecule has 1 N–H and O–H groups in total. The normalized spacial score (nSPS) is 23.0. The number of anilines is 1. The lowest BCUT2D eigenvalue weighted by Crippen LogP contribution is -2.30. The second-order valence-electron chi connectivity index (χ2n) is 4.40. The molecular formula is C12H18ClN3O. The van der Waals surface area contributed by atoms with Gasteiger partial charge in [-0.2, -0.15) is 0 Å². The molecule has 1 aromatic heterocycles. The highest BCUT2D eigenvalue weighted by molar-refractivity contribution is 6.21. The minimum atomic E-state index is 0.368. The molecule has 1 heterocycles. The molecule has 1 saturated carbocycles. The topological polar surface area (TPSA) is 47.0 Å². The second kappa shape index (κ2) is 5.54. The third-order valence-electron chi connectivity index (χ3n) is 3.06. The molecule has 0 aromatic carbocycles. The fraction of sp³-hybridized carbons (Fsp3) is 0.667. The van der Waals surface area contributed by atoms with Crippen molar-refractivity contribution in [1.82, 2.24) is 9.97 Å². The Labute approximate surface area is 107 Å². The zero-order chi connectivity index (χ0) is 12.3. The summed E-state index contributed by atoms with van der Waals surface area (Å²) in [5.41, 5.74) is 0.969. The van der Waals surface area contributed by atoms with Crippen molar-refractivity contribution in [2.45, 2.75) is 32.1 Å². The molecule has 1 fully saturated rings. The smallest absolute Gasteiger partial charge is 0.221 e. The molecule has 94 valence electrons. The average Bonchev–Trinajstić information content (AvgIpc) is 2.27. The first-order valence-electron chi connectivity index (χ1n) is 6.03. The number of rotatable bonds is 5. The lowest BCUT2D eigenvalue weighted by molar-refractivity contribution is 0.323. The van der Waals surface area contributed by atoms with Gasteiger partial charge in [0.1, 0.15) is 12.1 Å². The molecule has 2 rings (SSSR count). The summed E-state index contributed by atoms with van der Waals surface area (Å²) in [6, 6.07) is 0. The van der Waals surface area contributed by atoms with Crippen LogP contribution < -0.4 is 10.1 Å². The number of nitrogens with one attached hydrogen (secondary N) is 1. The van der Waals surface area contributed by atoms with Gasteiger partial charge in [-0.15, -0.1) is 11.6 Å². The summed E-state index contributed by atoms with van der Waals surface area (Å²) in [4.78, 5) is 8.34. The highest BCUT2D eigenvalue weighted by Gasteiger charge is 2.27. The number of ether oxygens (including phenoxy) is 1. The molecule has 17 heavy (non-hydrogen) atoms. The molecule has 0 spiro atoms. The molecule has 4 nitrogen and oxygen atoms in total. The maximum atomic E-state index is 5.95. The van der Waals surface area contributed by atoms with Crippen molar-refractivity contribution in [3.63, 3.8) is 0 Å². The predicted molar refractivity (Wildman–Crippen MR) is 68.8 cm³/mol. The number of hydrogen-bond donors (Lipinski definition) is 1. The molecule has 5 heteroatoms. The maximum Gasteiger partial charge on any atom is 0.221 e. The molecular weight excluding hydrogens is 238 g/mol. The van der Waals surface area contributed by atoms with Gasteiger partial charge >= 0.3 is 0 Å². The van der Waals surface area contributed by atoms with Crippen molar-refractivity contribution in [1.29, 1.82) is 0 Å². The Morgan fingerprint density at radius 3 is 2.88 bits per heavy atom. The first kappa shape index (κ1) is 12.4. The van der Waals surface area contributed by atoms with E-state index in [0.29, 0.717) is 23.8 Å². The maximum absolute atomic E-state index is 5.95. The summed E-state index contributed by atoms with van der Waals surface area (Å²) in [5, 5.41) is 3.71. The van der Waals surface area contributed by atoms with E-state index in [-0.39, 0.29) is 0 Å². The first-order chi connectivity index (χ1) is 8.20. The van der Waals surface area contributed by atoms with Crippen LogP contribution in [0, 0.1) is 12.8 Å². The Balaban J connectivity index is 1.93. The number of alkyl halides is 1. The van der Waals surface area contributed by atoms with Crippen LogP contribution in [0.15, 0.2) is 6.33 Å². The molecule has 0 amide bonds. The van der Waals surface area contributed by atoms with Crippen LogP contribution in [0.3, 0.4) is 0 Å². The van der Waals surface area contributed by atoms with E-state index in [9.17, 15) is 0 Å². The third kappa shape index (κ3) is 3.00. The van der Waals surface area contributed by atoms with E-state index in [2.05, 4.69) is 15.3 Å². The Bertz CT molecular complexity index is 380. The van der Waals surface area contributed by atoms with Gasteiger partial charge in [-0.05, 0) is 32.6 Å². The van der Waals surface area contributed by atoms with Gasteiger partial charge in [0.05, 0.1) is 12.2 Å². The van der Waals surface area contributed by atoms with Crippen molar-refractivity contribution in [3.05, 3.63) is 11.9 Å². The minimum Gasteiger partial charge on any atom is -0.478 e. The molecule has 0 radical (unpaired) electrons. The summed E-state index contributed by atoms with van der Waals surface area (Å²) in [5.74, 6) is 2.19. The first-order valence-corrected chi connectivity index (χ1v) is 6.46. The summed E-state index contributed by atoms with van der Waals surface area (Å²) < 4.78 is 5.43. The monoisotopic (exact) mass is 255 g/mol. The van der Waals surface area contributed by atoms with Gasteiger partial charge in [-0.3, -0.25) is 0 Å². The van der Waals surface area contributed by atoms with Crippen LogP contribution in [0.1, 0.15) is 25.3 Å². The fourth-order valence-electron chi connectivity index (χ4n) is 1.96. The van der Waals surface area contributed by atoms with Gasteiger partial charge in [0.15, 0.2) is 0 Å². The van der Waals surface area contributed by atoms with Crippen molar-refractivity contribution in [2.24, 2.45) is 5.92 Å². The van der Waals surface area contributed by atoms with Gasteiger partial charge in [-0.1, -0.05) is 0 Å². The highest BCUT2D eigenvalue weighted by Crippen LogP contribution is 2.32. The van der Waals surface area contributed by atoms with Crippen LogP contribution in [0.2, 0.25) is 0 Å². The highest BCUT2D eigenvalue weighted by atomic mass is 35.5. The summed E-state index contributed by atoms with van der Waals surface area (Å²) in [7, 11) is 0. The van der Waals surface area contributed by atoms with Crippen LogP contribution in [0.25, 0.3) is 0 Å². The van der Waals surface area contributed by atoms with Crippen molar-refractivity contribution < 1.29 is 4.74 Å². The van der Waals surface area contributed by atoms with E-state index in [1.54, 1.807) is 0 Å². The van der Waals surface area contributed by atoms with Gasteiger partial charge in [0, 0.05) is 11.9 Å². The van der Waals surface area contributed by atoms with Crippen LogP contribution in [-0.2, 0) is 0 Å². The summed E-state index contributed by atoms with van der Waals surface area (Å²) >= 11 is 5.95. The number of nitrogens with zero attached hydrogens (tertiary/aromatic N) is 2. The van der Waals surface area contributed by atoms with Gasteiger partial charge in [0.2, 0.25) is 5.88 Å².